The second kappa shape index (κ2) is 11.2. The van der Waals surface area contributed by atoms with E-state index in [4.69, 9.17) is 4.74 Å². The van der Waals surface area contributed by atoms with Gasteiger partial charge >= 0.3 is 6.18 Å². The van der Waals surface area contributed by atoms with Gasteiger partial charge in [0.25, 0.3) is 11.8 Å². The van der Waals surface area contributed by atoms with Gasteiger partial charge in [0.2, 0.25) is 0 Å². The Morgan fingerprint density at radius 3 is 2.25 bits per heavy atom. The van der Waals surface area contributed by atoms with Crippen LogP contribution in [0.1, 0.15) is 21.5 Å². The van der Waals surface area contributed by atoms with E-state index >= 15 is 0 Å². The molecule has 188 valence electrons. The first kappa shape index (κ1) is 25.1. The van der Waals surface area contributed by atoms with Gasteiger partial charge in [-0.25, -0.2) is 0 Å². The maximum Gasteiger partial charge on any atom is 0.417 e. The minimum Gasteiger partial charge on any atom is -0.367 e. The predicted molar refractivity (Wildman–Crippen MR) is 126 cm³/mol. The molecule has 0 atom stereocenters. The van der Waals surface area contributed by atoms with Crippen molar-refractivity contribution in [2.24, 2.45) is 0 Å². The third kappa shape index (κ3) is 6.36. The van der Waals surface area contributed by atoms with Gasteiger partial charge in [-0.15, -0.1) is 10.2 Å². The number of anilines is 2. The largest absolute Gasteiger partial charge is 0.417 e. The number of benzene rings is 2. The fourth-order valence-corrected chi connectivity index (χ4v) is 3.80. The fourth-order valence-electron chi connectivity index (χ4n) is 3.80. The summed E-state index contributed by atoms with van der Waals surface area (Å²) in [6.07, 6.45) is -4.60. The Bertz CT molecular complexity index is 1180. The maximum absolute atomic E-state index is 13.3. The molecule has 2 aromatic carbocycles. The van der Waals surface area contributed by atoms with Gasteiger partial charge in [0.1, 0.15) is 6.61 Å². The predicted octanol–water partition coefficient (Wildman–Crippen LogP) is 3.61. The molecule has 0 saturated carbocycles. The Kier molecular flexibility index (Phi) is 7.79. The van der Waals surface area contributed by atoms with Crippen LogP contribution >= 0.6 is 0 Å². The highest BCUT2D eigenvalue weighted by atomic mass is 19.4. The fraction of sp³-hybridized carbons (Fsp3) is 0.280. The van der Waals surface area contributed by atoms with Crippen LogP contribution in [-0.4, -0.2) is 59.7 Å². The number of nitrogens with one attached hydrogen (secondary N) is 1. The van der Waals surface area contributed by atoms with E-state index in [1.54, 1.807) is 12.1 Å². The van der Waals surface area contributed by atoms with Crippen LogP contribution in [-0.2, 0) is 22.3 Å². The number of piperazine rings is 1. The van der Waals surface area contributed by atoms with E-state index in [1.165, 1.54) is 23.1 Å². The number of amides is 2. The van der Waals surface area contributed by atoms with E-state index in [-0.39, 0.29) is 37.0 Å². The number of rotatable bonds is 7. The molecule has 0 aliphatic carbocycles. The molecule has 0 radical (unpaired) electrons. The molecule has 36 heavy (non-hydrogen) atoms. The van der Waals surface area contributed by atoms with Crippen LogP contribution in [0.5, 0.6) is 0 Å². The molecule has 1 aliphatic rings. The molecular weight excluding hydrogens is 475 g/mol. The monoisotopic (exact) mass is 499 g/mol. The molecule has 0 bridgehead atoms. The lowest BCUT2D eigenvalue weighted by atomic mass is 10.1. The van der Waals surface area contributed by atoms with Crippen molar-refractivity contribution in [1.29, 1.82) is 0 Å². The Morgan fingerprint density at radius 2 is 1.58 bits per heavy atom. The van der Waals surface area contributed by atoms with Gasteiger partial charge in [0, 0.05) is 26.2 Å². The molecule has 1 fully saturated rings. The van der Waals surface area contributed by atoms with E-state index in [9.17, 15) is 22.8 Å². The minimum absolute atomic E-state index is 0.133. The van der Waals surface area contributed by atoms with Gasteiger partial charge in [-0.3, -0.25) is 9.59 Å². The van der Waals surface area contributed by atoms with Crippen LogP contribution in [0.15, 0.2) is 66.7 Å². The van der Waals surface area contributed by atoms with Crippen LogP contribution in [0.4, 0.5) is 24.8 Å². The van der Waals surface area contributed by atoms with E-state index in [0.29, 0.717) is 25.5 Å². The van der Waals surface area contributed by atoms with Crippen LogP contribution in [0.2, 0.25) is 0 Å². The number of carbonyl (C=O) groups excluding carboxylic acids is 2. The molecule has 8 nitrogen and oxygen atoms in total. The van der Waals surface area contributed by atoms with Gasteiger partial charge in [0.15, 0.2) is 11.6 Å². The molecule has 11 heteroatoms. The third-order valence-electron chi connectivity index (χ3n) is 5.62. The highest BCUT2D eigenvalue weighted by Crippen LogP contribution is 2.32. The second-order valence-corrected chi connectivity index (χ2v) is 8.13. The third-order valence-corrected chi connectivity index (χ3v) is 5.62. The normalized spacial score (nSPS) is 14.0. The van der Waals surface area contributed by atoms with Crippen molar-refractivity contribution in [3.63, 3.8) is 0 Å². The number of aromatic nitrogens is 2. The molecule has 2 heterocycles. The van der Waals surface area contributed by atoms with Crippen molar-refractivity contribution in [3.05, 3.63) is 83.4 Å². The summed E-state index contributed by atoms with van der Waals surface area (Å²) in [4.78, 5) is 28.1. The highest BCUT2D eigenvalue weighted by molar-refractivity contribution is 5.96. The molecule has 1 saturated heterocycles. The lowest BCUT2D eigenvalue weighted by Gasteiger charge is -2.35. The Morgan fingerprint density at radius 1 is 0.889 bits per heavy atom. The number of alkyl halides is 3. The Labute approximate surface area is 205 Å². The summed E-state index contributed by atoms with van der Waals surface area (Å²) < 4.78 is 45.2. The van der Waals surface area contributed by atoms with Gasteiger partial charge in [-0.05, 0) is 29.8 Å². The van der Waals surface area contributed by atoms with Crippen molar-refractivity contribution in [2.75, 3.05) is 43.0 Å². The summed E-state index contributed by atoms with van der Waals surface area (Å²) in [5.41, 5.74) is -0.335. The second-order valence-electron chi connectivity index (χ2n) is 8.13. The summed E-state index contributed by atoms with van der Waals surface area (Å²) in [5.74, 6) is -0.207. The van der Waals surface area contributed by atoms with Crippen LogP contribution in [0.3, 0.4) is 0 Å². The van der Waals surface area contributed by atoms with E-state index in [0.717, 1.165) is 11.6 Å². The highest BCUT2D eigenvalue weighted by Gasteiger charge is 2.36. The number of carbonyl (C=O) groups is 2. The zero-order valence-corrected chi connectivity index (χ0v) is 19.2. The zero-order chi connectivity index (χ0) is 25.5. The van der Waals surface area contributed by atoms with Crippen molar-refractivity contribution in [3.8, 4) is 0 Å². The lowest BCUT2D eigenvalue weighted by molar-refractivity contribution is -0.138. The maximum atomic E-state index is 13.3. The van der Waals surface area contributed by atoms with Crippen LogP contribution in [0, 0.1) is 0 Å². The van der Waals surface area contributed by atoms with Gasteiger partial charge < -0.3 is 19.9 Å². The van der Waals surface area contributed by atoms with E-state index < -0.39 is 17.6 Å². The van der Waals surface area contributed by atoms with Crippen molar-refractivity contribution in [1.82, 2.24) is 15.1 Å². The summed E-state index contributed by atoms with van der Waals surface area (Å²) in [5, 5.41) is 10.8. The summed E-state index contributed by atoms with van der Waals surface area (Å²) >= 11 is 0. The van der Waals surface area contributed by atoms with Crippen LogP contribution < -0.4 is 10.2 Å². The molecule has 4 rings (SSSR count). The number of halogens is 3. The summed E-state index contributed by atoms with van der Waals surface area (Å²) in [6.45, 7) is 1.43. The lowest BCUT2D eigenvalue weighted by Crippen LogP contribution is -2.49. The number of nitrogens with zero attached hydrogens (tertiary/aromatic N) is 4. The van der Waals surface area contributed by atoms with Gasteiger partial charge in [-0.1, -0.05) is 42.5 Å². The first-order valence-corrected chi connectivity index (χ1v) is 11.3. The smallest absolute Gasteiger partial charge is 0.367 e. The number of hydrogen-bond donors (Lipinski definition) is 1. The van der Waals surface area contributed by atoms with Gasteiger partial charge in [-0.2, -0.15) is 13.2 Å². The van der Waals surface area contributed by atoms with E-state index in [1.807, 2.05) is 35.2 Å². The molecule has 0 unspecified atom stereocenters. The van der Waals surface area contributed by atoms with Crippen molar-refractivity contribution >= 4 is 23.5 Å². The van der Waals surface area contributed by atoms with Crippen LogP contribution in [0.25, 0.3) is 0 Å². The molecule has 0 spiro atoms. The Hall–Kier alpha value is -3.99. The average Bonchev–Trinajstić information content (AvgIpc) is 2.89. The zero-order valence-electron chi connectivity index (χ0n) is 19.2. The number of ether oxygens (including phenoxy) is 1. The van der Waals surface area contributed by atoms with Crippen molar-refractivity contribution in [2.45, 2.75) is 12.8 Å². The molecule has 3 aromatic rings. The average molecular weight is 499 g/mol. The molecule has 1 N–H and O–H groups in total. The summed E-state index contributed by atoms with van der Waals surface area (Å²) in [7, 11) is 0. The minimum atomic E-state index is -4.60. The molecular formula is C25H24F3N5O3. The first-order chi connectivity index (χ1) is 17.3. The Balaban J connectivity index is 1.26. The van der Waals surface area contributed by atoms with Gasteiger partial charge in [0.05, 0.1) is 17.7 Å². The molecule has 2 amide bonds. The summed E-state index contributed by atoms with van der Waals surface area (Å²) in [6, 6.07) is 17.6. The standard InChI is InChI=1S/C25H24F3N5O3/c26-25(27,28)20-9-5-4-8-19(20)24(35)33-14-12-32(13-15-33)22-11-10-21(30-31-22)29-23(34)17-36-16-18-6-2-1-3-7-18/h1-11H,12-17H2,(H,29,30,34). The quantitative estimate of drug-likeness (QED) is 0.535. The first-order valence-electron chi connectivity index (χ1n) is 11.3. The van der Waals surface area contributed by atoms with E-state index in [2.05, 4.69) is 15.5 Å². The SMILES string of the molecule is O=C(COCc1ccccc1)Nc1ccc(N2CCN(C(=O)c3ccccc3C(F)(F)F)CC2)nn1. The van der Waals surface area contributed by atoms with Crippen molar-refractivity contribution < 1.29 is 27.5 Å². The molecule has 1 aliphatic heterocycles. The topological polar surface area (TPSA) is 87.7 Å². The molecule has 1 aromatic heterocycles. The number of hydrogen-bond acceptors (Lipinski definition) is 6.